The third kappa shape index (κ3) is 54.6. The lowest BCUT2D eigenvalue weighted by Gasteiger charge is -2.18. The fourth-order valence-electron chi connectivity index (χ4n) is 8.77. The van der Waals surface area contributed by atoms with Gasteiger partial charge in [0.25, 0.3) is 0 Å². The van der Waals surface area contributed by atoms with Crippen LogP contribution in [-0.2, 0) is 28.6 Å². The summed E-state index contributed by atoms with van der Waals surface area (Å²) in [5, 5.41) is 0. The number of hydrogen-bond donors (Lipinski definition) is 0. The van der Waals surface area contributed by atoms with E-state index in [0.717, 1.165) is 64.2 Å². The Hall–Kier alpha value is -2.37. The third-order valence-corrected chi connectivity index (χ3v) is 13.3. The van der Waals surface area contributed by atoms with E-state index in [1.807, 2.05) is 0 Å². The highest BCUT2D eigenvalue weighted by molar-refractivity contribution is 5.71. The van der Waals surface area contributed by atoms with Crippen LogP contribution in [0.15, 0.2) is 36.5 Å². The highest BCUT2D eigenvalue weighted by atomic mass is 16.6. The standard InChI is InChI=1S/C62H114O6/c1-4-7-10-13-16-19-22-24-26-28-30-31-32-34-35-37-40-43-46-49-52-55-61(64)67-58-59(57-66-60(63)54-51-48-45-42-39-21-18-15-12-9-6-3)68-62(65)56-53-50-47-44-41-38-36-33-29-27-25-23-20-17-14-11-8-5-2/h15,18,27-30,59H,4-14,16-17,19-26,31-58H2,1-3H3/b18-15-,29-27-,30-28-. The molecule has 0 aliphatic carbocycles. The molecule has 0 saturated carbocycles. The zero-order valence-electron chi connectivity index (χ0n) is 45.6. The van der Waals surface area contributed by atoms with Crippen molar-refractivity contribution in [3.8, 4) is 0 Å². The molecule has 1 atom stereocenters. The summed E-state index contributed by atoms with van der Waals surface area (Å²) in [5.41, 5.74) is 0. The SMILES string of the molecule is CCCC/C=C\CCCCCCCC(=O)OCC(COC(=O)CCCCCCCCCCC/C=C\CCCCCCCCCC)OC(=O)CCCCCCCCC/C=C\CCCCCCCCC. The molecule has 0 radical (unpaired) electrons. The summed E-state index contributed by atoms with van der Waals surface area (Å²) in [4.78, 5) is 38.1. The van der Waals surface area contributed by atoms with Crippen LogP contribution in [-0.4, -0.2) is 37.2 Å². The molecule has 0 aliphatic rings. The summed E-state index contributed by atoms with van der Waals surface area (Å²) in [7, 11) is 0. The Bertz CT molecular complexity index is 1140. The first-order valence-corrected chi connectivity index (χ1v) is 30.0. The van der Waals surface area contributed by atoms with Crippen LogP contribution in [0.2, 0.25) is 0 Å². The van der Waals surface area contributed by atoms with Crippen molar-refractivity contribution >= 4 is 17.9 Å². The van der Waals surface area contributed by atoms with Crippen molar-refractivity contribution in [2.24, 2.45) is 0 Å². The van der Waals surface area contributed by atoms with Crippen LogP contribution in [0, 0.1) is 0 Å². The largest absolute Gasteiger partial charge is 0.462 e. The summed E-state index contributed by atoms with van der Waals surface area (Å²) in [6, 6.07) is 0. The number of allylic oxidation sites excluding steroid dienone is 6. The molecule has 6 nitrogen and oxygen atoms in total. The lowest BCUT2D eigenvalue weighted by atomic mass is 10.1. The molecule has 398 valence electrons. The second-order valence-corrected chi connectivity index (χ2v) is 20.2. The molecule has 0 N–H and O–H groups in total. The van der Waals surface area contributed by atoms with Gasteiger partial charge in [-0.15, -0.1) is 0 Å². The Morgan fingerprint density at radius 1 is 0.279 bits per heavy atom. The lowest BCUT2D eigenvalue weighted by Crippen LogP contribution is -2.30. The van der Waals surface area contributed by atoms with Gasteiger partial charge in [-0.25, -0.2) is 0 Å². The Morgan fingerprint density at radius 3 is 0.779 bits per heavy atom. The Kier molecular flexibility index (Phi) is 55.2. The molecule has 0 heterocycles. The minimum atomic E-state index is -0.777. The molecule has 0 aliphatic heterocycles. The first-order chi connectivity index (χ1) is 33.5. The van der Waals surface area contributed by atoms with Gasteiger partial charge in [-0.3, -0.25) is 14.4 Å². The van der Waals surface area contributed by atoms with Gasteiger partial charge in [0, 0.05) is 19.3 Å². The van der Waals surface area contributed by atoms with Crippen molar-refractivity contribution < 1.29 is 28.6 Å². The van der Waals surface area contributed by atoms with E-state index in [2.05, 4.69) is 57.2 Å². The van der Waals surface area contributed by atoms with Gasteiger partial charge >= 0.3 is 17.9 Å². The average molecular weight is 956 g/mol. The number of rotatable bonds is 55. The number of esters is 3. The first kappa shape index (κ1) is 65.6. The van der Waals surface area contributed by atoms with Crippen LogP contribution >= 0.6 is 0 Å². The van der Waals surface area contributed by atoms with Gasteiger partial charge in [0.05, 0.1) is 0 Å². The molecule has 68 heavy (non-hydrogen) atoms. The summed E-state index contributed by atoms with van der Waals surface area (Å²) < 4.78 is 16.9. The quantitative estimate of drug-likeness (QED) is 0.0262. The van der Waals surface area contributed by atoms with E-state index < -0.39 is 6.10 Å². The summed E-state index contributed by atoms with van der Waals surface area (Å²) in [5.74, 6) is -0.875. The Morgan fingerprint density at radius 2 is 0.500 bits per heavy atom. The van der Waals surface area contributed by atoms with Crippen LogP contribution in [0.5, 0.6) is 0 Å². The predicted octanol–water partition coefficient (Wildman–Crippen LogP) is 20.0. The molecule has 0 rings (SSSR count). The normalized spacial score (nSPS) is 12.2. The first-order valence-electron chi connectivity index (χ1n) is 30.0. The molecule has 0 aromatic carbocycles. The third-order valence-electron chi connectivity index (χ3n) is 13.3. The van der Waals surface area contributed by atoms with Crippen LogP contribution in [0.3, 0.4) is 0 Å². The molecule has 0 aromatic rings. The minimum absolute atomic E-state index is 0.0753. The predicted molar refractivity (Wildman–Crippen MR) is 293 cm³/mol. The van der Waals surface area contributed by atoms with E-state index in [4.69, 9.17) is 14.2 Å². The fraction of sp³-hybridized carbons (Fsp3) is 0.855. The van der Waals surface area contributed by atoms with Crippen LogP contribution in [0.4, 0.5) is 0 Å². The van der Waals surface area contributed by atoms with E-state index in [0.29, 0.717) is 19.3 Å². The highest BCUT2D eigenvalue weighted by Crippen LogP contribution is 2.16. The molecule has 0 bridgehead atoms. The molecule has 6 heteroatoms. The Labute approximate surface area is 423 Å². The minimum Gasteiger partial charge on any atom is -0.462 e. The second-order valence-electron chi connectivity index (χ2n) is 20.2. The van der Waals surface area contributed by atoms with Gasteiger partial charge in [-0.2, -0.15) is 0 Å². The van der Waals surface area contributed by atoms with E-state index in [1.54, 1.807) is 0 Å². The van der Waals surface area contributed by atoms with Crippen molar-refractivity contribution in [2.45, 2.75) is 329 Å². The Balaban J connectivity index is 4.28. The molecular weight excluding hydrogens is 841 g/mol. The maximum atomic E-state index is 12.9. The van der Waals surface area contributed by atoms with Crippen LogP contribution in [0.1, 0.15) is 323 Å². The number of unbranched alkanes of at least 4 members (excludes halogenated alkanes) is 38. The topological polar surface area (TPSA) is 78.9 Å². The number of ether oxygens (including phenoxy) is 3. The van der Waals surface area contributed by atoms with Crippen molar-refractivity contribution in [1.82, 2.24) is 0 Å². The van der Waals surface area contributed by atoms with E-state index in [-0.39, 0.29) is 31.1 Å². The van der Waals surface area contributed by atoms with Crippen LogP contribution in [0.25, 0.3) is 0 Å². The van der Waals surface area contributed by atoms with E-state index >= 15 is 0 Å². The molecule has 1 unspecified atom stereocenters. The fourth-order valence-corrected chi connectivity index (χ4v) is 8.77. The molecule has 0 saturated heterocycles. The smallest absolute Gasteiger partial charge is 0.306 e. The van der Waals surface area contributed by atoms with E-state index in [1.165, 1.54) is 218 Å². The zero-order chi connectivity index (χ0) is 49.3. The molecule has 0 fully saturated rings. The van der Waals surface area contributed by atoms with Gasteiger partial charge in [0.15, 0.2) is 6.10 Å². The maximum absolute atomic E-state index is 12.9. The summed E-state index contributed by atoms with van der Waals surface area (Å²) in [6.07, 6.45) is 68.6. The van der Waals surface area contributed by atoms with Gasteiger partial charge in [0.1, 0.15) is 13.2 Å². The average Bonchev–Trinajstić information content (AvgIpc) is 3.34. The lowest BCUT2D eigenvalue weighted by molar-refractivity contribution is -0.167. The van der Waals surface area contributed by atoms with Crippen molar-refractivity contribution in [1.29, 1.82) is 0 Å². The van der Waals surface area contributed by atoms with Gasteiger partial charge in [-0.05, 0) is 89.9 Å². The van der Waals surface area contributed by atoms with Gasteiger partial charge in [-0.1, -0.05) is 250 Å². The van der Waals surface area contributed by atoms with Crippen molar-refractivity contribution in [3.63, 3.8) is 0 Å². The summed E-state index contributed by atoms with van der Waals surface area (Å²) >= 11 is 0. The van der Waals surface area contributed by atoms with Gasteiger partial charge < -0.3 is 14.2 Å². The number of carbonyl (C=O) groups excluding carboxylic acids is 3. The van der Waals surface area contributed by atoms with Crippen molar-refractivity contribution in [3.05, 3.63) is 36.5 Å². The van der Waals surface area contributed by atoms with Crippen molar-refractivity contribution in [2.75, 3.05) is 13.2 Å². The maximum Gasteiger partial charge on any atom is 0.306 e. The molecular formula is C62H114O6. The number of hydrogen-bond acceptors (Lipinski definition) is 6. The van der Waals surface area contributed by atoms with E-state index in [9.17, 15) is 14.4 Å². The van der Waals surface area contributed by atoms with Gasteiger partial charge in [0.2, 0.25) is 0 Å². The monoisotopic (exact) mass is 955 g/mol. The number of carbonyl (C=O) groups is 3. The summed E-state index contributed by atoms with van der Waals surface area (Å²) in [6.45, 7) is 6.63. The van der Waals surface area contributed by atoms with Crippen LogP contribution < -0.4 is 0 Å². The molecule has 0 aromatic heterocycles. The molecule has 0 amide bonds. The zero-order valence-corrected chi connectivity index (χ0v) is 45.6. The molecule has 0 spiro atoms. The highest BCUT2D eigenvalue weighted by Gasteiger charge is 2.19. The second kappa shape index (κ2) is 57.2.